The first-order chi connectivity index (χ1) is 8.28. The summed E-state index contributed by atoms with van der Waals surface area (Å²) in [5, 5.41) is 21.6. The number of hydrogen-bond acceptors (Lipinski definition) is 4. The molecule has 1 saturated carbocycles. The van der Waals surface area contributed by atoms with Gasteiger partial charge in [0.25, 0.3) is 0 Å². The molecule has 3 N–H and O–H groups in total. The van der Waals surface area contributed by atoms with Crippen molar-refractivity contribution in [3.05, 3.63) is 0 Å². The van der Waals surface area contributed by atoms with Crippen LogP contribution in [0.15, 0.2) is 0 Å². The van der Waals surface area contributed by atoms with Crippen molar-refractivity contribution in [2.75, 3.05) is 19.8 Å². The maximum Gasteiger partial charge on any atom is 0.0697 e. The number of aliphatic hydroxyl groups is 2. The Morgan fingerprint density at radius 3 is 2.53 bits per heavy atom. The molecule has 0 radical (unpaired) electrons. The largest absolute Gasteiger partial charge is 0.395 e. The van der Waals surface area contributed by atoms with Gasteiger partial charge in [0.2, 0.25) is 0 Å². The summed E-state index contributed by atoms with van der Waals surface area (Å²) < 4.78 is 6.02. The number of aliphatic hydroxyl groups excluding tert-OH is 2. The summed E-state index contributed by atoms with van der Waals surface area (Å²) >= 11 is 0. The van der Waals surface area contributed by atoms with E-state index in [2.05, 4.69) is 5.32 Å². The van der Waals surface area contributed by atoms with Gasteiger partial charge >= 0.3 is 0 Å². The van der Waals surface area contributed by atoms with Gasteiger partial charge < -0.3 is 20.3 Å². The van der Waals surface area contributed by atoms with Gasteiger partial charge in [-0.3, -0.25) is 0 Å². The molecule has 1 aliphatic carbocycles. The quantitative estimate of drug-likeness (QED) is 0.684. The van der Waals surface area contributed by atoms with Crippen molar-refractivity contribution in [1.29, 1.82) is 0 Å². The van der Waals surface area contributed by atoms with E-state index in [9.17, 15) is 0 Å². The van der Waals surface area contributed by atoms with Crippen molar-refractivity contribution in [3.8, 4) is 0 Å². The Kier molecular flexibility index (Phi) is 4.79. The van der Waals surface area contributed by atoms with Gasteiger partial charge in [-0.15, -0.1) is 0 Å². The fourth-order valence-electron chi connectivity index (χ4n) is 3.21. The highest BCUT2D eigenvalue weighted by molar-refractivity contribution is 4.92. The Hall–Kier alpha value is -0.160. The summed E-state index contributed by atoms with van der Waals surface area (Å²) in [4.78, 5) is 0. The fourth-order valence-corrected chi connectivity index (χ4v) is 3.21. The van der Waals surface area contributed by atoms with Crippen molar-refractivity contribution in [2.24, 2.45) is 0 Å². The van der Waals surface area contributed by atoms with Crippen molar-refractivity contribution in [2.45, 2.75) is 62.6 Å². The van der Waals surface area contributed by atoms with Gasteiger partial charge in [0.1, 0.15) is 0 Å². The van der Waals surface area contributed by atoms with E-state index in [1.165, 1.54) is 32.1 Å². The van der Waals surface area contributed by atoms with Crippen molar-refractivity contribution >= 4 is 0 Å². The summed E-state index contributed by atoms with van der Waals surface area (Å²) in [6.07, 6.45) is 8.25. The van der Waals surface area contributed by atoms with Gasteiger partial charge in [0, 0.05) is 12.6 Å². The Morgan fingerprint density at radius 2 is 1.88 bits per heavy atom. The lowest BCUT2D eigenvalue weighted by molar-refractivity contribution is -0.111. The van der Waals surface area contributed by atoms with E-state index in [-0.39, 0.29) is 24.9 Å². The SMILES string of the molecule is OCC(CO)NC1CCOC2(CCCCC2)C1. The summed E-state index contributed by atoms with van der Waals surface area (Å²) in [5.74, 6) is 0. The highest BCUT2D eigenvalue weighted by Crippen LogP contribution is 2.38. The standard InChI is InChI=1S/C13H25NO3/c15-9-12(10-16)14-11-4-7-17-13(8-11)5-2-1-3-6-13/h11-12,14-16H,1-10H2. The summed E-state index contributed by atoms with van der Waals surface area (Å²) in [5.41, 5.74) is 0.0869. The van der Waals surface area contributed by atoms with Crippen LogP contribution in [-0.2, 0) is 4.74 Å². The molecule has 1 unspecified atom stereocenters. The number of ether oxygens (including phenoxy) is 1. The molecule has 1 saturated heterocycles. The molecule has 0 aromatic heterocycles. The minimum atomic E-state index is -0.182. The van der Waals surface area contributed by atoms with Crippen LogP contribution in [0.3, 0.4) is 0 Å². The highest BCUT2D eigenvalue weighted by Gasteiger charge is 2.38. The highest BCUT2D eigenvalue weighted by atomic mass is 16.5. The van der Waals surface area contributed by atoms with Crippen LogP contribution >= 0.6 is 0 Å². The third-order valence-corrected chi connectivity index (χ3v) is 4.17. The smallest absolute Gasteiger partial charge is 0.0697 e. The summed E-state index contributed by atoms with van der Waals surface area (Å²) in [7, 11) is 0. The predicted molar refractivity (Wildman–Crippen MR) is 65.9 cm³/mol. The lowest BCUT2D eigenvalue weighted by Crippen LogP contribution is -2.52. The molecule has 1 spiro atoms. The van der Waals surface area contributed by atoms with Crippen LogP contribution in [-0.4, -0.2) is 47.7 Å². The van der Waals surface area contributed by atoms with Crippen LogP contribution in [0.2, 0.25) is 0 Å². The zero-order valence-electron chi connectivity index (χ0n) is 10.5. The lowest BCUT2D eigenvalue weighted by atomic mass is 9.78. The average molecular weight is 243 g/mol. The zero-order valence-corrected chi connectivity index (χ0v) is 10.5. The Morgan fingerprint density at radius 1 is 1.18 bits per heavy atom. The molecule has 2 rings (SSSR count). The maximum absolute atomic E-state index is 9.10. The first-order valence-electron chi connectivity index (χ1n) is 6.90. The van der Waals surface area contributed by atoms with Gasteiger partial charge in [-0.05, 0) is 25.7 Å². The molecule has 100 valence electrons. The van der Waals surface area contributed by atoms with Crippen molar-refractivity contribution in [3.63, 3.8) is 0 Å². The molecule has 2 aliphatic rings. The van der Waals surface area contributed by atoms with E-state index in [1.807, 2.05) is 0 Å². The Balaban J connectivity index is 1.87. The molecule has 1 aliphatic heterocycles. The number of rotatable bonds is 4. The van der Waals surface area contributed by atoms with Gasteiger partial charge in [0.05, 0.1) is 24.9 Å². The minimum Gasteiger partial charge on any atom is -0.395 e. The van der Waals surface area contributed by atoms with E-state index in [1.54, 1.807) is 0 Å². The third-order valence-electron chi connectivity index (χ3n) is 4.17. The van der Waals surface area contributed by atoms with Crippen LogP contribution in [0, 0.1) is 0 Å². The second-order valence-corrected chi connectivity index (χ2v) is 5.51. The van der Waals surface area contributed by atoms with E-state index < -0.39 is 0 Å². The van der Waals surface area contributed by atoms with Crippen LogP contribution in [0.5, 0.6) is 0 Å². The minimum absolute atomic E-state index is 0.000850. The normalized spacial score (nSPS) is 28.8. The summed E-state index contributed by atoms with van der Waals surface area (Å²) in [6.45, 7) is 0.808. The first kappa shape index (κ1) is 13.3. The van der Waals surface area contributed by atoms with Gasteiger partial charge in [-0.25, -0.2) is 0 Å². The number of nitrogens with one attached hydrogen (secondary N) is 1. The van der Waals surface area contributed by atoms with E-state index in [0.29, 0.717) is 6.04 Å². The fraction of sp³-hybridized carbons (Fsp3) is 1.00. The predicted octanol–water partition coefficient (Wildman–Crippen LogP) is 0.811. The topological polar surface area (TPSA) is 61.7 Å². The van der Waals surface area contributed by atoms with E-state index in [0.717, 1.165) is 19.4 Å². The molecule has 2 fully saturated rings. The number of hydrogen-bond donors (Lipinski definition) is 3. The molecule has 4 nitrogen and oxygen atoms in total. The average Bonchev–Trinajstić information content (AvgIpc) is 2.37. The Labute approximate surface area is 103 Å². The molecule has 17 heavy (non-hydrogen) atoms. The Bertz CT molecular complexity index is 219. The third kappa shape index (κ3) is 3.41. The van der Waals surface area contributed by atoms with Gasteiger partial charge in [-0.1, -0.05) is 19.3 Å². The maximum atomic E-state index is 9.10. The molecule has 0 aromatic carbocycles. The molecule has 1 heterocycles. The molecule has 0 amide bonds. The van der Waals surface area contributed by atoms with Crippen molar-refractivity contribution < 1.29 is 14.9 Å². The second kappa shape index (κ2) is 6.14. The van der Waals surface area contributed by atoms with Crippen molar-refractivity contribution in [1.82, 2.24) is 5.32 Å². The van der Waals surface area contributed by atoms with E-state index in [4.69, 9.17) is 14.9 Å². The van der Waals surface area contributed by atoms with Crippen LogP contribution < -0.4 is 5.32 Å². The zero-order chi connectivity index (χ0) is 12.1. The van der Waals surface area contributed by atoms with E-state index >= 15 is 0 Å². The van der Waals surface area contributed by atoms with Crippen LogP contribution in [0.4, 0.5) is 0 Å². The molecule has 0 aromatic rings. The van der Waals surface area contributed by atoms with Gasteiger partial charge in [0.15, 0.2) is 0 Å². The first-order valence-corrected chi connectivity index (χ1v) is 6.90. The molecule has 4 heteroatoms. The lowest BCUT2D eigenvalue weighted by Gasteiger charge is -2.44. The molecule has 0 bridgehead atoms. The van der Waals surface area contributed by atoms with Crippen LogP contribution in [0.25, 0.3) is 0 Å². The molecule has 1 atom stereocenters. The second-order valence-electron chi connectivity index (χ2n) is 5.51. The molecular weight excluding hydrogens is 218 g/mol. The molecular formula is C13H25NO3. The van der Waals surface area contributed by atoms with Crippen LogP contribution in [0.1, 0.15) is 44.9 Å². The monoisotopic (exact) mass is 243 g/mol. The van der Waals surface area contributed by atoms with Gasteiger partial charge in [-0.2, -0.15) is 0 Å². The summed E-state index contributed by atoms with van der Waals surface area (Å²) in [6, 6.07) is 0.199.